The summed E-state index contributed by atoms with van der Waals surface area (Å²) in [6.45, 7) is 1.11. The Hall–Kier alpha value is -4.00. The number of aromatic nitrogens is 1. The van der Waals surface area contributed by atoms with E-state index in [-0.39, 0.29) is 23.6 Å². The fraction of sp³-hybridized carbons (Fsp3) is 0.192. The molecular formula is C26H24FN3O3. The van der Waals surface area contributed by atoms with Gasteiger partial charge in [0.2, 0.25) is 11.8 Å². The average molecular weight is 445 g/mol. The van der Waals surface area contributed by atoms with Crippen LogP contribution in [0.3, 0.4) is 0 Å². The summed E-state index contributed by atoms with van der Waals surface area (Å²) < 4.78 is 19.9. The third-order valence-corrected chi connectivity index (χ3v) is 5.34. The summed E-state index contributed by atoms with van der Waals surface area (Å²) in [5, 5.41) is 2.96. The summed E-state index contributed by atoms with van der Waals surface area (Å²) in [4.78, 5) is 30.4. The van der Waals surface area contributed by atoms with Crippen LogP contribution in [0.15, 0.2) is 79.1 Å². The Morgan fingerprint density at radius 1 is 1.18 bits per heavy atom. The molecule has 2 amide bonds. The van der Waals surface area contributed by atoms with Crippen molar-refractivity contribution in [1.29, 1.82) is 0 Å². The smallest absolute Gasteiger partial charge is 0.244 e. The number of halogens is 1. The maximum atomic E-state index is 14.4. The van der Waals surface area contributed by atoms with Gasteiger partial charge in [0.05, 0.1) is 12.2 Å². The van der Waals surface area contributed by atoms with Crippen molar-refractivity contribution in [3.05, 3.63) is 96.1 Å². The molecule has 1 unspecified atom stereocenters. The first-order valence-electron chi connectivity index (χ1n) is 10.8. The Bertz CT molecular complexity index is 1140. The lowest BCUT2D eigenvalue weighted by atomic mass is 10.1. The van der Waals surface area contributed by atoms with E-state index in [0.29, 0.717) is 30.8 Å². The van der Waals surface area contributed by atoms with Crippen LogP contribution in [0.1, 0.15) is 30.0 Å². The van der Waals surface area contributed by atoms with Gasteiger partial charge in [0.1, 0.15) is 5.75 Å². The Kier molecular flexibility index (Phi) is 7.09. The number of benzene rings is 2. The molecule has 0 radical (unpaired) electrons. The molecule has 2 heterocycles. The van der Waals surface area contributed by atoms with Gasteiger partial charge in [-0.15, -0.1) is 0 Å². The van der Waals surface area contributed by atoms with Gasteiger partial charge in [-0.25, -0.2) is 4.39 Å². The predicted molar refractivity (Wildman–Crippen MR) is 123 cm³/mol. The second kappa shape index (κ2) is 10.5. The van der Waals surface area contributed by atoms with E-state index >= 15 is 0 Å². The predicted octanol–water partition coefficient (Wildman–Crippen LogP) is 4.51. The van der Waals surface area contributed by atoms with Gasteiger partial charge >= 0.3 is 0 Å². The van der Waals surface area contributed by atoms with Crippen LogP contribution in [0.4, 0.5) is 4.39 Å². The van der Waals surface area contributed by atoms with Crippen molar-refractivity contribution in [3.63, 3.8) is 0 Å². The molecular weight excluding hydrogens is 421 g/mol. The first kappa shape index (κ1) is 22.2. The number of hydrogen-bond acceptors (Lipinski definition) is 4. The SMILES string of the molecule is O=C(/C=C/c1ccc(Oc2cccnc2)c(F)c1)NC(CN1CCCC1=O)c1ccccc1. The van der Waals surface area contributed by atoms with Crippen molar-refractivity contribution >= 4 is 17.9 Å². The first-order chi connectivity index (χ1) is 16.1. The Labute approximate surface area is 191 Å². The van der Waals surface area contributed by atoms with Gasteiger partial charge in [-0.2, -0.15) is 0 Å². The van der Waals surface area contributed by atoms with Crippen LogP contribution in [-0.2, 0) is 9.59 Å². The second-order valence-corrected chi connectivity index (χ2v) is 7.73. The standard InChI is InChI=1S/C26H24FN3O3/c27-22-16-19(10-12-24(22)33-21-8-4-14-28-17-21)11-13-25(31)29-23(20-6-2-1-3-7-20)18-30-15-5-9-26(30)32/h1-4,6-8,10-14,16-17,23H,5,9,15,18H2,(H,29,31)/b13-11+. The van der Waals surface area contributed by atoms with E-state index < -0.39 is 5.82 Å². The molecule has 1 aromatic heterocycles. The number of pyridine rings is 1. The number of rotatable bonds is 8. The van der Waals surface area contributed by atoms with Crippen molar-refractivity contribution in [1.82, 2.24) is 15.2 Å². The molecule has 0 saturated carbocycles. The molecule has 1 saturated heterocycles. The molecule has 0 bridgehead atoms. The summed E-state index contributed by atoms with van der Waals surface area (Å²) >= 11 is 0. The molecule has 1 N–H and O–H groups in total. The summed E-state index contributed by atoms with van der Waals surface area (Å²) in [5.74, 6) is -0.265. The molecule has 1 fully saturated rings. The molecule has 4 rings (SSSR count). The normalized spacial score (nSPS) is 14.5. The summed E-state index contributed by atoms with van der Waals surface area (Å²) in [6.07, 6.45) is 7.37. The molecule has 0 aliphatic carbocycles. The van der Waals surface area contributed by atoms with Gasteiger partial charge in [0.25, 0.3) is 0 Å². The highest BCUT2D eigenvalue weighted by atomic mass is 19.1. The zero-order valence-corrected chi connectivity index (χ0v) is 18.0. The molecule has 2 aromatic carbocycles. The summed E-state index contributed by atoms with van der Waals surface area (Å²) in [7, 11) is 0. The fourth-order valence-electron chi connectivity index (χ4n) is 3.67. The number of likely N-dealkylation sites (tertiary alicyclic amines) is 1. The van der Waals surface area contributed by atoms with E-state index in [4.69, 9.17) is 4.74 Å². The van der Waals surface area contributed by atoms with Crippen LogP contribution in [0.5, 0.6) is 11.5 Å². The molecule has 0 spiro atoms. The lowest BCUT2D eigenvalue weighted by Crippen LogP contribution is -2.38. The van der Waals surface area contributed by atoms with Gasteiger partial charge in [-0.05, 0) is 47.9 Å². The Morgan fingerprint density at radius 2 is 2.03 bits per heavy atom. The molecule has 168 valence electrons. The van der Waals surface area contributed by atoms with Crippen molar-refractivity contribution in [2.75, 3.05) is 13.1 Å². The van der Waals surface area contributed by atoms with Crippen LogP contribution in [0, 0.1) is 5.82 Å². The highest BCUT2D eigenvalue weighted by Gasteiger charge is 2.24. The monoisotopic (exact) mass is 445 g/mol. The number of carbonyl (C=O) groups is 2. The molecule has 7 heteroatoms. The Balaban J connectivity index is 1.42. The maximum absolute atomic E-state index is 14.4. The third-order valence-electron chi connectivity index (χ3n) is 5.34. The van der Waals surface area contributed by atoms with Crippen LogP contribution in [0.25, 0.3) is 6.08 Å². The van der Waals surface area contributed by atoms with E-state index in [1.54, 1.807) is 29.3 Å². The molecule has 6 nitrogen and oxygen atoms in total. The molecule has 33 heavy (non-hydrogen) atoms. The largest absolute Gasteiger partial charge is 0.453 e. The topological polar surface area (TPSA) is 71.5 Å². The zero-order chi connectivity index (χ0) is 23.0. The maximum Gasteiger partial charge on any atom is 0.244 e. The lowest BCUT2D eigenvalue weighted by molar-refractivity contribution is -0.128. The second-order valence-electron chi connectivity index (χ2n) is 7.73. The molecule has 1 aliphatic heterocycles. The van der Waals surface area contributed by atoms with Crippen molar-refractivity contribution in [2.45, 2.75) is 18.9 Å². The van der Waals surface area contributed by atoms with Crippen LogP contribution >= 0.6 is 0 Å². The van der Waals surface area contributed by atoms with Crippen LogP contribution in [0.2, 0.25) is 0 Å². The first-order valence-corrected chi connectivity index (χ1v) is 10.8. The van der Waals surface area contributed by atoms with Crippen molar-refractivity contribution in [2.24, 2.45) is 0 Å². The van der Waals surface area contributed by atoms with E-state index in [1.165, 1.54) is 30.5 Å². The molecule has 1 aliphatic rings. The fourth-order valence-corrected chi connectivity index (χ4v) is 3.67. The quantitative estimate of drug-likeness (QED) is 0.518. The highest BCUT2D eigenvalue weighted by Crippen LogP contribution is 2.25. The average Bonchev–Trinajstić information content (AvgIpc) is 3.24. The number of amides is 2. The van der Waals surface area contributed by atoms with Gasteiger partial charge in [-0.1, -0.05) is 36.4 Å². The van der Waals surface area contributed by atoms with Crippen molar-refractivity contribution in [3.8, 4) is 11.5 Å². The zero-order valence-electron chi connectivity index (χ0n) is 18.0. The van der Waals surface area contributed by atoms with E-state index in [1.807, 2.05) is 30.3 Å². The minimum absolute atomic E-state index is 0.0732. The van der Waals surface area contributed by atoms with Gasteiger partial charge < -0.3 is 15.0 Å². The number of carbonyl (C=O) groups excluding carboxylic acids is 2. The van der Waals surface area contributed by atoms with Gasteiger partial charge in [0, 0.05) is 31.8 Å². The third kappa shape index (κ3) is 6.04. The van der Waals surface area contributed by atoms with Crippen LogP contribution in [-0.4, -0.2) is 34.8 Å². The molecule has 3 aromatic rings. The van der Waals surface area contributed by atoms with E-state index in [9.17, 15) is 14.0 Å². The van der Waals surface area contributed by atoms with Gasteiger partial charge in [0.15, 0.2) is 11.6 Å². The van der Waals surface area contributed by atoms with Crippen LogP contribution < -0.4 is 10.1 Å². The number of hydrogen-bond donors (Lipinski definition) is 1. The number of ether oxygens (including phenoxy) is 1. The van der Waals surface area contributed by atoms with Gasteiger partial charge in [-0.3, -0.25) is 14.6 Å². The van der Waals surface area contributed by atoms with E-state index in [0.717, 1.165) is 12.0 Å². The van der Waals surface area contributed by atoms with E-state index in [2.05, 4.69) is 10.3 Å². The minimum Gasteiger partial charge on any atom is -0.453 e. The lowest BCUT2D eigenvalue weighted by Gasteiger charge is -2.24. The van der Waals surface area contributed by atoms with Crippen molar-refractivity contribution < 1.29 is 18.7 Å². The molecule has 1 atom stereocenters. The Morgan fingerprint density at radius 3 is 2.73 bits per heavy atom. The number of nitrogens with zero attached hydrogens (tertiary/aromatic N) is 2. The highest BCUT2D eigenvalue weighted by molar-refractivity contribution is 5.92. The summed E-state index contributed by atoms with van der Waals surface area (Å²) in [5.41, 5.74) is 1.44. The number of nitrogens with one attached hydrogen (secondary N) is 1. The summed E-state index contributed by atoms with van der Waals surface area (Å²) in [6, 6.07) is 17.1. The minimum atomic E-state index is -0.545.